The molecule has 114 valence electrons. The Bertz CT molecular complexity index is 616. The molecule has 0 aliphatic carbocycles. The van der Waals surface area contributed by atoms with Crippen LogP contribution in [0, 0.1) is 0 Å². The lowest BCUT2D eigenvalue weighted by Gasteiger charge is -2.42. The number of amides is 2. The van der Waals surface area contributed by atoms with E-state index in [-0.39, 0.29) is 21.9 Å². The monoisotopic (exact) mass is 348 g/mol. The molecule has 2 amide bonds. The molecule has 1 aliphatic rings. The van der Waals surface area contributed by atoms with Crippen LogP contribution in [0.3, 0.4) is 0 Å². The first-order valence-corrected chi connectivity index (χ1v) is 7.62. The Morgan fingerprint density at radius 3 is 2.29 bits per heavy atom. The van der Waals surface area contributed by atoms with Crippen molar-refractivity contribution in [2.24, 2.45) is 0 Å². The van der Waals surface area contributed by atoms with Gasteiger partial charge in [0.1, 0.15) is 11.6 Å². The van der Waals surface area contributed by atoms with E-state index in [4.69, 9.17) is 34.8 Å². The smallest absolute Gasteiger partial charge is 0.252 e. The maximum atomic E-state index is 12.7. The van der Waals surface area contributed by atoms with E-state index in [9.17, 15) is 9.59 Å². The fourth-order valence-electron chi connectivity index (χ4n) is 2.35. The summed E-state index contributed by atoms with van der Waals surface area (Å²) < 4.78 is 0. The quantitative estimate of drug-likeness (QED) is 0.828. The molecule has 1 aromatic carbocycles. The molecule has 1 N–H and O–H groups in total. The summed E-state index contributed by atoms with van der Waals surface area (Å²) in [5, 5.41) is 3.58. The lowest BCUT2D eigenvalue weighted by Crippen LogP contribution is -2.68. The number of hydrogen-bond donors (Lipinski definition) is 1. The minimum Gasteiger partial charge on any atom is -0.340 e. The van der Waals surface area contributed by atoms with Gasteiger partial charge in [-0.3, -0.25) is 14.5 Å². The largest absolute Gasteiger partial charge is 0.340 e. The van der Waals surface area contributed by atoms with Crippen LogP contribution in [0.2, 0.25) is 15.1 Å². The maximum Gasteiger partial charge on any atom is 0.252 e. The van der Waals surface area contributed by atoms with Gasteiger partial charge in [-0.2, -0.15) is 0 Å². The van der Waals surface area contributed by atoms with E-state index in [2.05, 4.69) is 5.32 Å². The lowest BCUT2D eigenvalue weighted by molar-refractivity contribution is -0.137. The van der Waals surface area contributed by atoms with Crippen LogP contribution >= 0.6 is 34.8 Å². The fraction of sp³-hybridized carbons (Fsp3) is 0.429. The minimum atomic E-state index is -1.00. The maximum absolute atomic E-state index is 12.7. The van der Waals surface area contributed by atoms with Gasteiger partial charge in [0.05, 0.1) is 20.8 Å². The topological polar surface area (TPSA) is 49.4 Å². The molecule has 7 heteroatoms. The van der Waals surface area contributed by atoms with Crippen molar-refractivity contribution in [2.45, 2.75) is 38.8 Å². The normalized spacial score (nSPS) is 21.4. The Kier molecular flexibility index (Phi) is 4.43. The van der Waals surface area contributed by atoms with Crippen LogP contribution in [0.5, 0.6) is 0 Å². The third-order valence-corrected chi connectivity index (χ3v) is 4.46. The van der Waals surface area contributed by atoms with Crippen LogP contribution < -0.4 is 10.2 Å². The van der Waals surface area contributed by atoms with Crippen LogP contribution in [-0.4, -0.2) is 23.4 Å². The number of halogens is 3. The lowest BCUT2D eigenvalue weighted by atomic mass is 9.95. The molecule has 1 heterocycles. The Balaban J connectivity index is 2.59. The highest BCUT2D eigenvalue weighted by Gasteiger charge is 2.45. The first-order valence-electron chi connectivity index (χ1n) is 6.49. The van der Waals surface area contributed by atoms with E-state index in [1.165, 1.54) is 17.0 Å². The minimum absolute atomic E-state index is 0.218. The molecule has 0 radical (unpaired) electrons. The SMILES string of the molecule is CCC1C(=O)NC(C)(C)C(=O)N1c1cc(Cl)c(Cl)cc1Cl. The van der Waals surface area contributed by atoms with Crippen molar-refractivity contribution in [3.05, 3.63) is 27.2 Å². The van der Waals surface area contributed by atoms with Gasteiger partial charge in [-0.05, 0) is 32.4 Å². The van der Waals surface area contributed by atoms with Gasteiger partial charge in [-0.1, -0.05) is 41.7 Å². The highest BCUT2D eigenvalue weighted by atomic mass is 35.5. The van der Waals surface area contributed by atoms with Crippen molar-refractivity contribution < 1.29 is 9.59 Å². The van der Waals surface area contributed by atoms with E-state index in [1.54, 1.807) is 13.8 Å². The number of nitrogens with zero attached hydrogens (tertiary/aromatic N) is 1. The molecule has 21 heavy (non-hydrogen) atoms. The summed E-state index contributed by atoms with van der Waals surface area (Å²) in [6.45, 7) is 5.13. The van der Waals surface area contributed by atoms with Crippen LogP contribution in [0.25, 0.3) is 0 Å². The van der Waals surface area contributed by atoms with Crippen molar-refractivity contribution >= 4 is 52.3 Å². The molecule has 1 aromatic rings. The zero-order valence-corrected chi connectivity index (χ0v) is 14.1. The number of piperazine rings is 1. The zero-order chi connectivity index (χ0) is 15.9. The number of nitrogens with one attached hydrogen (secondary N) is 1. The van der Waals surface area contributed by atoms with Crippen LogP contribution in [0.1, 0.15) is 27.2 Å². The van der Waals surface area contributed by atoms with Gasteiger partial charge in [0.2, 0.25) is 5.91 Å². The molecule has 1 saturated heterocycles. The summed E-state index contributed by atoms with van der Waals surface area (Å²) in [5.41, 5.74) is -0.607. The predicted octanol–water partition coefficient (Wildman–Crippen LogP) is 3.67. The summed E-state index contributed by atoms with van der Waals surface area (Å²) in [6, 6.07) is 2.36. The van der Waals surface area contributed by atoms with E-state index in [0.717, 1.165) is 0 Å². The Morgan fingerprint density at radius 1 is 1.14 bits per heavy atom. The van der Waals surface area contributed by atoms with Crippen LogP contribution in [-0.2, 0) is 9.59 Å². The molecule has 1 atom stereocenters. The van der Waals surface area contributed by atoms with Gasteiger partial charge in [0.15, 0.2) is 0 Å². The van der Waals surface area contributed by atoms with Crippen molar-refractivity contribution in [3.63, 3.8) is 0 Å². The molecule has 1 aliphatic heterocycles. The summed E-state index contributed by atoms with van der Waals surface area (Å²) >= 11 is 18.1. The molecule has 0 saturated carbocycles. The predicted molar refractivity (Wildman–Crippen MR) is 85.3 cm³/mol. The second-order valence-corrected chi connectivity index (χ2v) is 6.65. The third-order valence-electron chi connectivity index (χ3n) is 3.44. The van der Waals surface area contributed by atoms with Crippen LogP contribution in [0.15, 0.2) is 12.1 Å². The van der Waals surface area contributed by atoms with Crippen molar-refractivity contribution in [1.82, 2.24) is 5.32 Å². The van der Waals surface area contributed by atoms with E-state index >= 15 is 0 Å². The molecular weight excluding hydrogens is 335 g/mol. The van der Waals surface area contributed by atoms with Crippen molar-refractivity contribution in [1.29, 1.82) is 0 Å². The number of carbonyl (C=O) groups is 2. The molecule has 0 spiro atoms. The summed E-state index contributed by atoms with van der Waals surface area (Å²) in [6.07, 6.45) is 0.463. The van der Waals surface area contributed by atoms with Crippen molar-refractivity contribution in [2.75, 3.05) is 4.90 Å². The van der Waals surface area contributed by atoms with Gasteiger partial charge in [-0.15, -0.1) is 0 Å². The number of hydrogen-bond acceptors (Lipinski definition) is 2. The average molecular weight is 350 g/mol. The molecule has 4 nitrogen and oxygen atoms in total. The highest BCUT2D eigenvalue weighted by molar-refractivity contribution is 6.44. The van der Waals surface area contributed by atoms with Gasteiger partial charge < -0.3 is 5.32 Å². The zero-order valence-electron chi connectivity index (χ0n) is 11.8. The Morgan fingerprint density at radius 2 is 1.71 bits per heavy atom. The molecule has 2 rings (SSSR count). The van der Waals surface area contributed by atoms with Gasteiger partial charge >= 0.3 is 0 Å². The van der Waals surface area contributed by atoms with E-state index in [0.29, 0.717) is 17.1 Å². The third kappa shape index (κ3) is 2.85. The average Bonchev–Trinajstić information content (AvgIpc) is 2.38. The van der Waals surface area contributed by atoms with E-state index in [1.807, 2.05) is 6.92 Å². The Labute approximate surface area is 138 Å². The number of rotatable bonds is 2. The second-order valence-electron chi connectivity index (χ2n) is 5.43. The summed E-state index contributed by atoms with van der Waals surface area (Å²) in [4.78, 5) is 26.3. The molecule has 1 unspecified atom stereocenters. The molecule has 0 bridgehead atoms. The first kappa shape index (κ1) is 16.4. The van der Waals surface area contributed by atoms with Gasteiger partial charge in [-0.25, -0.2) is 0 Å². The van der Waals surface area contributed by atoms with Gasteiger partial charge in [0.25, 0.3) is 5.91 Å². The number of anilines is 1. The molecule has 0 aromatic heterocycles. The van der Waals surface area contributed by atoms with Crippen LogP contribution in [0.4, 0.5) is 5.69 Å². The van der Waals surface area contributed by atoms with Gasteiger partial charge in [0, 0.05) is 0 Å². The molecular formula is C14H15Cl3N2O2. The number of benzene rings is 1. The van der Waals surface area contributed by atoms with E-state index < -0.39 is 11.6 Å². The first-order chi connectivity index (χ1) is 9.69. The number of carbonyl (C=O) groups excluding carboxylic acids is 2. The standard InChI is InChI=1S/C14H15Cl3N2O2/c1-4-10-12(20)18-14(2,3)13(21)19(10)11-6-8(16)7(15)5-9(11)17/h5-6,10H,4H2,1-3H3,(H,18,20). The Hall–Kier alpha value is -0.970. The second kappa shape index (κ2) is 5.67. The fourth-order valence-corrected chi connectivity index (χ4v) is 2.98. The highest BCUT2D eigenvalue weighted by Crippen LogP contribution is 2.37. The summed E-state index contributed by atoms with van der Waals surface area (Å²) in [5.74, 6) is -0.460. The van der Waals surface area contributed by atoms with Crippen molar-refractivity contribution in [3.8, 4) is 0 Å². The summed E-state index contributed by atoms with van der Waals surface area (Å²) in [7, 11) is 0. The molecule has 1 fully saturated rings.